The number of hydrogen-bond donors (Lipinski definition) is 2. The number of aromatic nitrogens is 2. The third-order valence-electron chi connectivity index (χ3n) is 3.24. The SMILES string of the molecule is C#CCCOc1ccc2[nH]nc(NC(=O)C3CC3)c2c1. The molecule has 2 aromatic rings. The van der Waals surface area contributed by atoms with Gasteiger partial charge in [-0.3, -0.25) is 9.89 Å². The first kappa shape index (κ1) is 12.5. The van der Waals surface area contributed by atoms with Crippen molar-refractivity contribution in [3.05, 3.63) is 18.2 Å². The zero-order chi connectivity index (χ0) is 13.9. The van der Waals surface area contributed by atoms with E-state index in [0.717, 1.165) is 29.5 Å². The van der Waals surface area contributed by atoms with Crippen molar-refractivity contribution < 1.29 is 9.53 Å². The van der Waals surface area contributed by atoms with Gasteiger partial charge in [0.2, 0.25) is 5.91 Å². The van der Waals surface area contributed by atoms with Crippen LogP contribution in [0, 0.1) is 18.3 Å². The van der Waals surface area contributed by atoms with Crippen LogP contribution in [0.2, 0.25) is 0 Å². The molecule has 0 unspecified atom stereocenters. The topological polar surface area (TPSA) is 67.0 Å². The van der Waals surface area contributed by atoms with Crippen molar-refractivity contribution in [1.82, 2.24) is 10.2 Å². The number of carbonyl (C=O) groups is 1. The summed E-state index contributed by atoms with van der Waals surface area (Å²) < 4.78 is 5.55. The largest absolute Gasteiger partial charge is 0.493 e. The van der Waals surface area contributed by atoms with Crippen LogP contribution in [0.4, 0.5) is 5.82 Å². The van der Waals surface area contributed by atoms with Gasteiger partial charge in [-0.25, -0.2) is 0 Å². The van der Waals surface area contributed by atoms with E-state index in [9.17, 15) is 4.79 Å². The Morgan fingerprint density at radius 2 is 2.40 bits per heavy atom. The Kier molecular flexibility index (Phi) is 3.30. The number of nitrogens with one attached hydrogen (secondary N) is 2. The fraction of sp³-hybridized carbons (Fsp3) is 0.333. The third-order valence-corrected chi connectivity index (χ3v) is 3.24. The number of terminal acetylenes is 1. The maximum Gasteiger partial charge on any atom is 0.228 e. The molecule has 2 N–H and O–H groups in total. The Morgan fingerprint density at radius 1 is 1.55 bits per heavy atom. The summed E-state index contributed by atoms with van der Waals surface area (Å²) in [5.41, 5.74) is 0.861. The molecular weight excluding hydrogens is 254 g/mol. The molecule has 20 heavy (non-hydrogen) atoms. The predicted molar refractivity (Wildman–Crippen MR) is 76.4 cm³/mol. The van der Waals surface area contributed by atoms with Crippen LogP contribution in [0.5, 0.6) is 5.75 Å². The van der Waals surface area contributed by atoms with Crippen LogP contribution in [-0.2, 0) is 4.79 Å². The van der Waals surface area contributed by atoms with Crippen molar-refractivity contribution in [2.24, 2.45) is 5.92 Å². The monoisotopic (exact) mass is 269 g/mol. The lowest BCUT2D eigenvalue weighted by Crippen LogP contribution is -2.13. The van der Waals surface area contributed by atoms with E-state index in [0.29, 0.717) is 18.8 Å². The summed E-state index contributed by atoms with van der Waals surface area (Å²) in [4.78, 5) is 11.8. The third kappa shape index (κ3) is 2.59. The Morgan fingerprint density at radius 3 is 3.15 bits per heavy atom. The van der Waals surface area contributed by atoms with Crippen molar-refractivity contribution in [1.29, 1.82) is 0 Å². The lowest BCUT2D eigenvalue weighted by molar-refractivity contribution is -0.117. The molecule has 1 amide bonds. The highest BCUT2D eigenvalue weighted by Crippen LogP contribution is 2.31. The summed E-state index contributed by atoms with van der Waals surface area (Å²) in [5, 5.41) is 10.7. The van der Waals surface area contributed by atoms with Crippen LogP contribution >= 0.6 is 0 Å². The second-order valence-corrected chi connectivity index (χ2v) is 4.85. The molecule has 1 aliphatic rings. The molecule has 0 saturated heterocycles. The quantitative estimate of drug-likeness (QED) is 0.646. The molecule has 0 radical (unpaired) electrons. The molecule has 1 fully saturated rings. The zero-order valence-corrected chi connectivity index (χ0v) is 11.0. The van der Waals surface area contributed by atoms with Crippen molar-refractivity contribution >= 4 is 22.6 Å². The average molecular weight is 269 g/mol. The highest BCUT2D eigenvalue weighted by molar-refractivity contribution is 6.01. The molecule has 5 nitrogen and oxygen atoms in total. The Balaban J connectivity index is 1.79. The second kappa shape index (κ2) is 5.25. The van der Waals surface area contributed by atoms with Gasteiger partial charge in [0.15, 0.2) is 5.82 Å². The molecule has 3 rings (SSSR count). The van der Waals surface area contributed by atoms with E-state index >= 15 is 0 Å². The average Bonchev–Trinajstić information content (AvgIpc) is 3.23. The minimum Gasteiger partial charge on any atom is -0.493 e. The number of H-pyrrole nitrogens is 1. The van der Waals surface area contributed by atoms with Gasteiger partial charge in [-0.05, 0) is 31.0 Å². The summed E-state index contributed by atoms with van der Waals surface area (Å²) in [6.45, 7) is 0.476. The molecule has 5 heteroatoms. The van der Waals surface area contributed by atoms with Gasteiger partial charge in [0.25, 0.3) is 0 Å². The van der Waals surface area contributed by atoms with Gasteiger partial charge >= 0.3 is 0 Å². The van der Waals surface area contributed by atoms with E-state index in [-0.39, 0.29) is 11.8 Å². The summed E-state index contributed by atoms with van der Waals surface area (Å²) in [7, 11) is 0. The number of fused-ring (bicyclic) bond motifs is 1. The summed E-state index contributed by atoms with van der Waals surface area (Å²) in [5.74, 6) is 3.99. The summed E-state index contributed by atoms with van der Waals surface area (Å²) in [6.07, 6.45) is 7.69. The maximum absolute atomic E-state index is 11.8. The number of benzene rings is 1. The molecule has 0 spiro atoms. The molecule has 1 aromatic heterocycles. The maximum atomic E-state index is 11.8. The number of carbonyl (C=O) groups excluding carboxylic acids is 1. The van der Waals surface area contributed by atoms with E-state index < -0.39 is 0 Å². The van der Waals surface area contributed by atoms with E-state index in [1.807, 2.05) is 18.2 Å². The number of hydrogen-bond acceptors (Lipinski definition) is 3. The number of anilines is 1. The van der Waals surface area contributed by atoms with Crippen LogP contribution in [0.15, 0.2) is 18.2 Å². The number of ether oxygens (including phenoxy) is 1. The van der Waals surface area contributed by atoms with Crippen LogP contribution in [0.1, 0.15) is 19.3 Å². The molecular formula is C15H15N3O2. The van der Waals surface area contributed by atoms with Gasteiger partial charge in [0.05, 0.1) is 12.1 Å². The lowest BCUT2D eigenvalue weighted by Gasteiger charge is -2.05. The molecule has 1 saturated carbocycles. The van der Waals surface area contributed by atoms with E-state index in [4.69, 9.17) is 11.2 Å². The highest BCUT2D eigenvalue weighted by atomic mass is 16.5. The number of nitrogens with zero attached hydrogens (tertiary/aromatic N) is 1. The Hall–Kier alpha value is -2.48. The van der Waals surface area contributed by atoms with Crippen LogP contribution in [-0.4, -0.2) is 22.7 Å². The van der Waals surface area contributed by atoms with Gasteiger partial charge in [-0.15, -0.1) is 12.3 Å². The molecule has 1 aliphatic carbocycles. The number of rotatable bonds is 5. The van der Waals surface area contributed by atoms with Gasteiger partial charge in [0.1, 0.15) is 5.75 Å². The Labute approximate surface area is 116 Å². The van der Waals surface area contributed by atoms with Crippen molar-refractivity contribution in [3.8, 4) is 18.1 Å². The van der Waals surface area contributed by atoms with Crippen LogP contribution in [0.25, 0.3) is 10.9 Å². The van der Waals surface area contributed by atoms with E-state index in [1.165, 1.54) is 0 Å². The van der Waals surface area contributed by atoms with E-state index in [1.54, 1.807) is 0 Å². The van der Waals surface area contributed by atoms with Crippen molar-refractivity contribution in [2.75, 3.05) is 11.9 Å². The summed E-state index contributed by atoms with van der Waals surface area (Å²) >= 11 is 0. The molecule has 0 aliphatic heterocycles. The molecule has 0 atom stereocenters. The standard InChI is InChI=1S/C15H15N3O2/c1-2-3-8-20-11-6-7-13-12(9-11)14(18-17-13)16-15(19)10-4-5-10/h1,6-7,9-10H,3-5,8H2,(H2,16,17,18,19). The second-order valence-electron chi connectivity index (χ2n) is 4.85. The molecule has 1 heterocycles. The van der Waals surface area contributed by atoms with Gasteiger partial charge in [-0.2, -0.15) is 5.10 Å². The Bertz CT molecular complexity index is 680. The van der Waals surface area contributed by atoms with Crippen LogP contribution in [0.3, 0.4) is 0 Å². The summed E-state index contributed by atoms with van der Waals surface area (Å²) in [6, 6.07) is 5.59. The molecule has 102 valence electrons. The van der Waals surface area contributed by atoms with Gasteiger partial charge < -0.3 is 10.1 Å². The minimum absolute atomic E-state index is 0.0389. The normalized spacial score (nSPS) is 13.9. The first-order valence-corrected chi connectivity index (χ1v) is 6.63. The fourth-order valence-electron chi connectivity index (χ4n) is 1.97. The smallest absolute Gasteiger partial charge is 0.228 e. The minimum atomic E-state index is 0.0389. The van der Waals surface area contributed by atoms with Crippen LogP contribution < -0.4 is 10.1 Å². The number of aromatic amines is 1. The number of amides is 1. The van der Waals surface area contributed by atoms with Crippen molar-refractivity contribution in [3.63, 3.8) is 0 Å². The lowest BCUT2D eigenvalue weighted by atomic mass is 10.2. The van der Waals surface area contributed by atoms with Gasteiger partial charge in [-0.1, -0.05) is 0 Å². The molecule has 0 bridgehead atoms. The predicted octanol–water partition coefficient (Wildman–Crippen LogP) is 2.31. The first-order chi connectivity index (χ1) is 9.78. The molecule has 1 aromatic carbocycles. The fourth-order valence-corrected chi connectivity index (χ4v) is 1.97. The zero-order valence-electron chi connectivity index (χ0n) is 11.0. The van der Waals surface area contributed by atoms with Crippen molar-refractivity contribution in [2.45, 2.75) is 19.3 Å². The first-order valence-electron chi connectivity index (χ1n) is 6.63. The van der Waals surface area contributed by atoms with Gasteiger partial charge in [0, 0.05) is 17.7 Å². The van der Waals surface area contributed by atoms with E-state index in [2.05, 4.69) is 21.4 Å². The highest BCUT2D eigenvalue weighted by Gasteiger charge is 2.30.